The maximum Gasteiger partial charge on any atom is 0.227 e. The Labute approximate surface area is 151 Å². The SMILES string of the molecule is COc1ccccc1CC1CCN(C(=O)C2CCCCC2(C)N)CC1. The average molecular weight is 344 g/mol. The number of carbonyl (C=O) groups excluding carboxylic acids is 1. The summed E-state index contributed by atoms with van der Waals surface area (Å²) in [6.45, 7) is 3.79. The van der Waals surface area contributed by atoms with Crippen LogP contribution in [0.5, 0.6) is 5.75 Å². The van der Waals surface area contributed by atoms with Crippen molar-refractivity contribution in [3.63, 3.8) is 0 Å². The Morgan fingerprint density at radius 1 is 1.24 bits per heavy atom. The van der Waals surface area contributed by atoms with Crippen LogP contribution in [-0.2, 0) is 11.2 Å². The van der Waals surface area contributed by atoms with Crippen LogP contribution in [0.3, 0.4) is 0 Å². The molecular weight excluding hydrogens is 312 g/mol. The van der Waals surface area contributed by atoms with Crippen LogP contribution in [0.15, 0.2) is 24.3 Å². The van der Waals surface area contributed by atoms with E-state index in [1.165, 1.54) is 5.56 Å². The molecule has 2 unspecified atom stereocenters. The van der Waals surface area contributed by atoms with Crippen LogP contribution in [-0.4, -0.2) is 36.5 Å². The number of nitrogens with two attached hydrogens (primary N) is 1. The molecule has 4 heteroatoms. The summed E-state index contributed by atoms with van der Waals surface area (Å²) in [4.78, 5) is 15.0. The zero-order chi connectivity index (χ0) is 17.9. The second-order valence-corrected chi connectivity index (χ2v) is 8.09. The van der Waals surface area contributed by atoms with Gasteiger partial charge in [-0.25, -0.2) is 0 Å². The Morgan fingerprint density at radius 2 is 1.96 bits per heavy atom. The van der Waals surface area contributed by atoms with Gasteiger partial charge in [0, 0.05) is 18.6 Å². The van der Waals surface area contributed by atoms with Crippen LogP contribution in [0, 0.1) is 11.8 Å². The Morgan fingerprint density at radius 3 is 2.64 bits per heavy atom. The molecule has 138 valence electrons. The highest BCUT2D eigenvalue weighted by Gasteiger charge is 2.40. The molecule has 2 N–H and O–H groups in total. The molecule has 0 radical (unpaired) electrons. The minimum atomic E-state index is -0.330. The topological polar surface area (TPSA) is 55.6 Å². The summed E-state index contributed by atoms with van der Waals surface area (Å²) in [5.41, 5.74) is 7.37. The Hall–Kier alpha value is -1.55. The van der Waals surface area contributed by atoms with E-state index < -0.39 is 0 Å². The second kappa shape index (κ2) is 7.77. The summed E-state index contributed by atoms with van der Waals surface area (Å²) < 4.78 is 5.47. The summed E-state index contributed by atoms with van der Waals surface area (Å²) in [5.74, 6) is 1.89. The molecule has 25 heavy (non-hydrogen) atoms. The van der Waals surface area contributed by atoms with Crippen molar-refractivity contribution in [2.45, 2.75) is 57.4 Å². The minimum Gasteiger partial charge on any atom is -0.496 e. The standard InChI is InChI=1S/C21H32N2O2/c1-21(22)12-6-5-8-18(21)20(24)23-13-10-16(11-14-23)15-17-7-3-4-9-19(17)25-2/h3-4,7,9,16,18H,5-6,8,10-15,22H2,1-2H3. The van der Waals surface area contributed by atoms with Crippen LogP contribution in [0.1, 0.15) is 51.0 Å². The van der Waals surface area contributed by atoms with Crippen molar-refractivity contribution in [3.8, 4) is 5.75 Å². The first kappa shape index (κ1) is 18.2. The molecule has 0 aromatic heterocycles. The van der Waals surface area contributed by atoms with Crippen molar-refractivity contribution in [1.29, 1.82) is 0 Å². The van der Waals surface area contributed by atoms with E-state index in [0.717, 1.165) is 63.8 Å². The van der Waals surface area contributed by atoms with Crippen molar-refractivity contribution in [3.05, 3.63) is 29.8 Å². The maximum absolute atomic E-state index is 13.0. The number of carbonyl (C=O) groups is 1. The highest BCUT2D eigenvalue weighted by Crippen LogP contribution is 2.34. The van der Waals surface area contributed by atoms with E-state index in [4.69, 9.17) is 10.5 Å². The lowest BCUT2D eigenvalue weighted by molar-refractivity contribution is -0.140. The number of hydrogen-bond donors (Lipinski definition) is 1. The average Bonchev–Trinajstić information content (AvgIpc) is 2.62. The molecule has 2 fully saturated rings. The van der Waals surface area contributed by atoms with Gasteiger partial charge in [0.15, 0.2) is 0 Å². The van der Waals surface area contributed by atoms with Gasteiger partial charge in [-0.1, -0.05) is 31.0 Å². The lowest BCUT2D eigenvalue weighted by Crippen LogP contribution is -2.54. The molecule has 1 aliphatic carbocycles. The first-order valence-corrected chi connectivity index (χ1v) is 9.71. The highest BCUT2D eigenvalue weighted by molar-refractivity contribution is 5.80. The van der Waals surface area contributed by atoms with Crippen LogP contribution in [0.4, 0.5) is 0 Å². The van der Waals surface area contributed by atoms with Gasteiger partial charge in [0.05, 0.1) is 13.0 Å². The largest absolute Gasteiger partial charge is 0.496 e. The summed E-state index contributed by atoms with van der Waals surface area (Å²) in [6, 6.07) is 8.26. The second-order valence-electron chi connectivity index (χ2n) is 8.09. The lowest BCUT2D eigenvalue weighted by Gasteiger charge is -2.41. The van der Waals surface area contributed by atoms with E-state index in [-0.39, 0.29) is 11.5 Å². The van der Waals surface area contributed by atoms with Gasteiger partial charge < -0.3 is 15.4 Å². The lowest BCUT2D eigenvalue weighted by atomic mass is 9.73. The number of rotatable bonds is 4. The zero-order valence-corrected chi connectivity index (χ0v) is 15.7. The molecule has 1 aliphatic heterocycles. The van der Waals surface area contributed by atoms with E-state index in [2.05, 4.69) is 24.0 Å². The number of amides is 1. The number of nitrogens with zero attached hydrogens (tertiary/aromatic N) is 1. The monoisotopic (exact) mass is 344 g/mol. The molecule has 1 aromatic rings. The zero-order valence-electron chi connectivity index (χ0n) is 15.7. The molecule has 2 aliphatic rings. The fourth-order valence-electron chi connectivity index (χ4n) is 4.52. The van der Waals surface area contributed by atoms with E-state index in [0.29, 0.717) is 11.8 Å². The van der Waals surface area contributed by atoms with Gasteiger partial charge in [-0.15, -0.1) is 0 Å². The van der Waals surface area contributed by atoms with Gasteiger partial charge in [0.1, 0.15) is 5.75 Å². The number of ether oxygens (including phenoxy) is 1. The third-order valence-electron chi connectivity index (χ3n) is 6.18. The van der Waals surface area contributed by atoms with Crippen LogP contribution in [0.2, 0.25) is 0 Å². The van der Waals surface area contributed by atoms with Gasteiger partial charge in [-0.05, 0) is 56.6 Å². The predicted molar refractivity (Wildman–Crippen MR) is 101 cm³/mol. The first-order valence-electron chi connectivity index (χ1n) is 9.71. The first-order chi connectivity index (χ1) is 12.0. The van der Waals surface area contributed by atoms with Crippen molar-refractivity contribution in [1.82, 2.24) is 4.90 Å². The molecule has 1 amide bonds. The third-order valence-corrected chi connectivity index (χ3v) is 6.18. The van der Waals surface area contributed by atoms with E-state index in [9.17, 15) is 4.79 Å². The Bertz CT molecular complexity index is 591. The predicted octanol–water partition coefficient (Wildman–Crippen LogP) is 3.38. The Kier molecular flexibility index (Phi) is 5.67. The molecule has 0 bridgehead atoms. The fraction of sp³-hybridized carbons (Fsp3) is 0.667. The number of methoxy groups -OCH3 is 1. The van der Waals surface area contributed by atoms with Gasteiger partial charge >= 0.3 is 0 Å². The van der Waals surface area contributed by atoms with Gasteiger partial charge in [-0.2, -0.15) is 0 Å². The molecule has 4 nitrogen and oxygen atoms in total. The molecule has 1 aromatic carbocycles. The molecule has 1 saturated carbocycles. The number of benzene rings is 1. The number of hydrogen-bond acceptors (Lipinski definition) is 3. The maximum atomic E-state index is 13.0. The molecule has 0 spiro atoms. The van der Waals surface area contributed by atoms with Crippen LogP contribution in [0.25, 0.3) is 0 Å². The molecule has 3 rings (SSSR count). The number of para-hydroxylation sites is 1. The summed E-state index contributed by atoms with van der Waals surface area (Å²) in [7, 11) is 1.73. The smallest absolute Gasteiger partial charge is 0.227 e. The van der Waals surface area contributed by atoms with Crippen LogP contribution >= 0.6 is 0 Å². The fourth-order valence-corrected chi connectivity index (χ4v) is 4.52. The summed E-state index contributed by atoms with van der Waals surface area (Å²) >= 11 is 0. The van der Waals surface area contributed by atoms with Gasteiger partial charge in [-0.3, -0.25) is 4.79 Å². The normalized spacial score (nSPS) is 28.0. The third kappa shape index (κ3) is 4.17. The molecule has 1 heterocycles. The van der Waals surface area contributed by atoms with Crippen molar-refractivity contribution in [2.24, 2.45) is 17.6 Å². The van der Waals surface area contributed by atoms with E-state index in [1.54, 1.807) is 7.11 Å². The summed E-state index contributed by atoms with van der Waals surface area (Å²) in [5, 5.41) is 0. The van der Waals surface area contributed by atoms with Crippen molar-refractivity contribution < 1.29 is 9.53 Å². The van der Waals surface area contributed by atoms with Gasteiger partial charge in [0.25, 0.3) is 0 Å². The van der Waals surface area contributed by atoms with Crippen molar-refractivity contribution >= 4 is 5.91 Å². The Balaban J connectivity index is 1.55. The molecular formula is C21H32N2O2. The highest BCUT2D eigenvalue weighted by atomic mass is 16.5. The minimum absolute atomic E-state index is 0.00650. The van der Waals surface area contributed by atoms with E-state index in [1.807, 2.05) is 12.1 Å². The molecule has 1 saturated heterocycles. The number of piperidine rings is 1. The van der Waals surface area contributed by atoms with Crippen LogP contribution < -0.4 is 10.5 Å². The quantitative estimate of drug-likeness (QED) is 0.911. The summed E-state index contributed by atoms with van der Waals surface area (Å²) in [6.07, 6.45) is 7.37. The van der Waals surface area contributed by atoms with E-state index >= 15 is 0 Å². The van der Waals surface area contributed by atoms with Crippen molar-refractivity contribution in [2.75, 3.05) is 20.2 Å². The van der Waals surface area contributed by atoms with Gasteiger partial charge in [0.2, 0.25) is 5.91 Å². The molecule has 2 atom stereocenters. The number of likely N-dealkylation sites (tertiary alicyclic amines) is 1.